The number of aliphatic carboxylic acids is 2. The molecule has 17 heteroatoms. The summed E-state index contributed by atoms with van der Waals surface area (Å²) in [6, 6.07) is 8.31. The molecule has 0 radical (unpaired) electrons. The maximum absolute atomic E-state index is 10.6. The molecule has 0 atom stereocenters. The van der Waals surface area contributed by atoms with Crippen molar-refractivity contribution >= 4 is 23.3 Å². The number of fused-ring (bicyclic) bond motifs is 2. The highest BCUT2D eigenvalue weighted by atomic mass is 32.1. The van der Waals surface area contributed by atoms with Gasteiger partial charge in [0, 0.05) is 43.3 Å². The lowest BCUT2D eigenvalue weighted by molar-refractivity contribution is -0.193. The number of piperidine rings is 1. The highest BCUT2D eigenvalue weighted by molar-refractivity contribution is 7.09. The van der Waals surface area contributed by atoms with Gasteiger partial charge in [0.1, 0.15) is 16.6 Å². The Hall–Kier alpha value is -3.70. The van der Waals surface area contributed by atoms with E-state index >= 15 is 0 Å². The Morgan fingerprint density at radius 3 is 1.98 bits per heavy atom. The number of ether oxygens (including phenoxy) is 1. The van der Waals surface area contributed by atoms with Crippen LogP contribution in [-0.2, 0) is 28.2 Å². The summed E-state index contributed by atoms with van der Waals surface area (Å²) in [5.41, 5.74) is 2.44. The van der Waals surface area contributed by atoms with Gasteiger partial charge in [-0.1, -0.05) is 0 Å². The Morgan fingerprint density at radius 1 is 0.953 bits per heavy atom. The number of hydrogen-bond acceptors (Lipinski definition) is 8. The van der Waals surface area contributed by atoms with Crippen LogP contribution in [-0.4, -0.2) is 92.6 Å². The van der Waals surface area contributed by atoms with Crippen LogP contribution < -0.4 is 4.74 Å². The summed E-state index contributed by atoms with van der Waals surface area (Å²) in [7, 11) is 3.97. The second-order valence-electron chi connectivity index (χ2n) is 9.61. The number of imidazole rings is 1. The first-order chi connectivity index (χ1) is 20.1. The van der Waals surface area contributed by atoms with Gasteiger partial charge in [-0.05, 0) is 44.2 Å². The van der Waals surface area contributed by atoms with E-state index in [0.717, 1.165) is 51.3 Å². The topological polar surface area (TPSA) is 121 Å². The van der Waals surface area contributed by atoms with Gasteiger partial charge < -0.3 is 19.5 Å². The standard InChI is InChI=1S/C22H27N5OS.2C2HF3O2/c1-25-12-13-27-19(17-3-5-18(28-2)6-4-17)15-24-21(27)22(25)7-10-26(11-8-22)16-20-23-9-14-29-20;2*3-2(4,5)1(6)7/h3-6,9,14-15H,7-8,10-13,16H2,1-2H3;2*(H,6,7). The summed E-state index contributed by atoms with van der Waals surface area (Å²) >= 11 is 1.75. The molecule has 0 saturated carbocycles. The van der Waals surface area contributed by atoms with Crippen molar-refractivity contribution in [1.29, 1.82) is 0 Å². The molecule has 0 amide bonds. The van der Waals surface area contributed by atoms with Crippen molar-refractivity contribution in [3.05, 3.63) is 52.9 Å². The largest absolute Gasteiger partial charge is 0.497 e. The second kappa shape index (κ2) is 13.7. The lowest BCUT2D eigenvalue weighted by Gasteiger charge is -2.49. The molecule has 1 aromatic carbocycles. The predicted octanol–water partition coefficient (Wildman–Crippen LogP) is 4.72. The van der Waals surface area contributed by atoms with Crippen LogP contribution in [0.3, 0.4) is 0 Å². The number of benzene rings is 1. The minimum Gasteiger partial charge on any atom is -0.497 e. The summed E-state index contributed by atoms with van der Waals surface area (Å²) in [5, 5.41) is 17.5. The second-order valence-corrected chi connectivity index (χ2v) is 10.6. The third kappa shape index (κ3) is 8.45. The Balaban J connectivity index is 0.000000303. The van der Waals surface area contributed by atoms with Crippen LogP contribution >= 0.6 is 11.3 Å². The molecule has 236 valence electrons. The van der Waals surface area contributed by atoms with E-state index in [1.807, 2.05) is 18.3 Å². The smallest absolute Gasteiger partial charge is 0.490 e. The monoisotopic (exact) mass is 637 g/mol. The number of aromatic nitrogens is 3. The number of alkyl halides is 6. The number of likely N-dealkylation sites (tertiary alicyclic amines) is 1. The lowest BCUT2D eigenvalue weighted by atomic mass is 9.83. The summed E-state index contributed by atoms with van der Waals surface area (Å²) in [6.07, 6.45) is -4.00. The zero-order valence-corrected chi connectivity index (χ0v) is 23.8. The molecular formula is C26H29F6N5O5S. The SMILES string of the molecule is COc1ccc(-c2cnc3n2CCN(C)C32CCN(Cc3nccs3)CC2)cc1.O=C(O)C(F)(F)F.O=C(O)C(F)(F)F. The molecule has 2 N–H and O–H groups in total. The molecule has 10 nitrogen and oxygen atoms in total. The van der Waals surface area contributed by atoms with Crippen molar-refractivity contribution in [2.75, 3.05) is 33.8 Å². The average molecular weight is 638 g/mol. The van der Waals surface area contributed by atoms with Gasteiger partial charge in [-0.2, -0.15) is 26.3 Å². The first-order valence-corrected chi connectivity index (χ1v) is 13.6. The maximum Gasteiger partial charge on any atom is 0.490 e. The van der Waals surface area contributed by atoms with E-state index in [0.29, 0.717) is 0 Å². The fourth-order valence-electron chi connectivity index (χ4n) is 4.81. The van der Waals surface area contributed by atoms with Crippen molar-refractivity contribution in [3.8, 4) is 17.0 Å². The lowest BCUT2D eigenvalue weighted by Crippen LogP contribution is -2.56. The van der Waals surface area contributed by atoms with Gasteiger partial charge in [0.05, 0.1) is 31.1 Å². The van der Waals surface area contributed by atoms with E-state index in [9.17, 15) is 26.3 Å². The Bertz CT molecular complexity index is 1330. The zero-order valence-electron chi connectivity index (χ0n) is 23.0. The van der Waals surface area contributed by atoms with Crippen LogP contribution in [0.2, 0.25) is 0 Å². The van der Waals surface area contributed by atoms with E-state index in [1.165, 1.54) is 22.1 Å². The number of hydrogen-bond donors (Lipinski definition) is 2. The van der Waals surface area contributed by atoms with Crippen LogP contribution in [0.25, 0.3) is 11.3 Å². The van der Waals surface area contributed by atoms with Gasteiger partial charge in [0.2, 0.25) is 0 Å². The molecule has 2 aliphatic heterocycles. The first-order valence-electron chi connectivity index (χ1n) is 12.7. The van der Waals surface area contributed by atoms with Gasteiger partial charge >= 0.3 is 24.3 Å². The highest BCUT2D eigenvalue weighted by Gasteiger charge is 2.45. The number of methoxy groups -OCH3 is 1. The molecular weight excluding hydrogens is 608 g/mol. The zero-order chi connectivity index (χ0) is 32.0. The van der Waals surface area contributed by atoms with E-state index < -0.39 is 24.3 Å². The van der Waals surface area contributed by atoms with Crippen LogP contribution in [0.4, 0.5) is 26.3 Å². The van der Waals surface area contributed by atoms with Crippen molar-refractivity contribution < 1.29 is 50.9 Å². The van der Waals surface area contributed by atoms with Crippen LogP contribution in [0.15, 0.2) is 42.0 Å². The number of likely N-dealkylation sites (N-methyl/N-ethyl adjacent to an activating group) is 1. The number of thiazole rings is 1. The van der Waals surface area contributed by atoms with Gasteiger partial charge in [-0.15, -0.1) is 11.3 Å². The number of halogens is 6. The summed E-state index contributed by atoms with van der Waals surface area (Å²) < 4.78 is 71.2. The number of carboxylic acid groups (broad SMARTS) is 2. The fraction of sp³-hybridized carbons (Fsp3) is 0.462. The fourth-order valence-corrected chi connectivity index (χ4v) is 5.47. The molecule has 1 spiro atoms. The molecule has 43 heavy (non-hydrogen) atoms. The first kappa shape index (κ1) is 33.8. The molecule has 0 aliphatic carbocycles. The van der Waals surface area contributed by atoms with Crippen molar-refractivity contribution in [2.24, 2.45) is 0 Å². The summed E-state index contributed by atoms with van der Waals surface area (Å²) in [5.74, 6) is -3.40. The Labute approximate surface area is 246 Å². The number of carboxylic acids is 2. The molecule has 1 saturated heterocycles. The van der Waals surface area contributed by atoms with E-state index in [1.54, 1.807) is 18.4 Å². The van der Waals surface area contributed by atoms with Gasteiger partial charge in [0.15, 0.2) is 0 Å². The minimum atomic E-state index is -5.08. The molecule has 0 bridgehead atoms. The molecule has 3 aromatic rings. The molecule has 0 unspecified atom stereocenters. The normalized spacial score (nSPS) is 16.7. The van der Waals surface area contributed by atoms with Crippen molar-refractivity contribution in [2.45, 2.75) is 43.8 Å². The quantitative estimate of drug-likeness (QED) is 0.392. The third-order valence-electron chi connectivity index (χ3n) is 7.06. The molecule has 1 fully saturated rings. The summed E-state index contributed by atoms with van der Waals surface area (Å²) in [4.78, 5) is 32.3. The van der Waals surface area contributed by atoms with E-state index in [-0.39, 0.29) is 5.54 Å². The molecule has 2 aromatic heterocycles. The van der Waals surface area contributed by atoms with Gasteiger partial charge in [-0.25, -0.2) is 19.6 Å². The van der Waals surface area contributed by atoms with Gasteiger partial charge in [-0.3, -0.25) is 9.80 Å². The predicted molar refractivity (Wildman–Crippen MR) is 143 cm³/mol. The average Bonchev–Trinajstić information content (AvgIpc) is 3.62. The molecule has 2 aliphatic rings. The summed E-state index contributed by atoms with van der Waals surface area (Å²) in [6.45, 7) is 5.16. The van der Waals surface area contributed by atoms with E-state index in [2.05, 4.69) is 50.1 Å². The van der Waals surface area contributed by atoms with Crippen LogP contribution in [0, 0.1) is 0 Å². The van der Waals surface area contributed by atoms with Crippen LogP contribution in [0.5, 0.6) is 5.75 Å². The Morgan fingerprint density at radius 2 is 1.51 bits per heavy atom. The van der Waals surface area contributed by atoms with Gasteiger partial charge in [0.25, 0.3) is 0 Å². The molecule has 5 rings (SSSR count). The highest BCUT2D eigenvalue weighted by Crippen LogP contribution is 2.42. The number of carbonyl (C=O) groups is 2. The Kier molecular flexibility index (Phi) is 10.8. The maximum atomic E-state index is 10.6. The van der Waals surface area contributed by atoms with Crippen molar-refractivity contribution in [3.63, 3.8) is 0 Å². The van der Waals surface area contributed by atoms with E-state index in [4.69, 9.17) is 29.5 Å². The minimum absolute atomic E-state index is 0.0301. The van der Waals surface area contributed by atoms with Crippen LogP contribution in [0.1, 0.15) is 23.7 Å². The number of nitrogens with zero attached hydrogens (tertiary/aromatic N) is 5. The molecule has 4 heterocycles. The third-order valence-corrected chi connectivity index (χ3v) is 7.82. The number of rotatable bonds is 4. The van der Waals surface area contributed by atoms with Crippen molar-refractivity contribution in [1.82, 2.24) is 24.3 Å².